The fourth-order valence-corrected chi connectivity index (χ4v) is 1.91. The van der Waals surface area contributed by atoms with Gasteiger partial charge < -0.3 is 9.73 Å². The van der Waals surface area contributed by atoms with Crippen molar-refractivity contribution in [1.29, 1.82) is 5.26 Å². The lowest BCUT2D eigenvalue weighted by molar-refractivity contribution is 0.0949. The third-order valence-electron chi connectivity index (χ3n) is 2.48. The van der Waals surface area contributed by atoms with E-state index in [9.17, 15) is 9.18 Å². The normalized spacial score (nSPS) is 9.95. The van der Waals surface area contributed by atoms with E-state index in [0.29, 0.717) is 15.8 Å². The molecule has 1 N–H and O–H groups in total. The number of benzene rings is 1. The molecule has 96 valence electrons. The highest BCUT2D eigenvalue weighted by Gasteiger charge is 2.13. The van der Waals surface area contributed by atoms with Gasteiger partial charge in [-0.25, -0.2) is 4.39 Å². The van der Waals surface area contributed by atoms with Gasteiger partial charge >= 0.3 is 0 Å². The summed E-state index contributed by atoms with van der Waals surface area (Å²) in [5, 5.41) is 11.2. The Morgan fingerprint density at radius 1 is 1.47 bits per heavy atom. The molecule has 0 spiro atoms. The van der Waals surface area contributed by atoms with Crippen LogP contribution in [0.5, 0.6) is 0 Å². The van der Waals surface area contributed by atoms with Crippen molar-refractivity contribution in [2.24, 2.45) is 0 Å². The molecule has 1 heterocycles. The molecule has 1 aromatic carbocycles. The Morgan fingerprint density at radius 3 is 2.84 bits per heavy atom. The summed E-state index contributed by atoms with van der Waals surface area (Å²) in [5.41, 5.74) is 0.895. The third kappa shape index (κ3) is 3.01. The Balaban J connectivity index is 2.06. The smallest absolute Gasteiger partial charge is 0.256 e. The van der Waals surface area contributed by atoms with Crippen LogP contribution in [0.1, 0.15) is 21.5 Å². The van der Waals surface area contributed by atoms with Crippen molar-refractivity contribution in [2.75, 3.05) is 0 Å². The van der Waals surface area contributed by atoms with E-state index < -0.39 is 5.82 Å². The maximum atomic E-state index is 13.6. The summed E-state index contributed by atoms with van der Waals surface area (Å²) in [6, 6.07) is 7.46. The predicted octanol–water partition coefficient (Wildman–Crippen LogP) is 2.98. The van der Waals surface area contributed by atoms with E-state index in [1.54, 1.807) is 0 Å². The van der Waals surface area contributed by atoms with Crippen LogP contribution in [0.2, 0.25) is 0 Å². The van der Waals surface area contributed by atoms with Gasteiger partial charge in [0.15, 0.2) is 4.67 Å². The minimum absolute atomic E-state index is 0.0357. The molecule has 0 aliphatic rings. The van der Waals surface area contributed by atoms with Crippen LogP contribution in [0, 0.1) is 17.1 Å². The number of halogens is 2. The fraction of sp³-hybridized carbons (Fsp3) is 0.0769. The van der Waals surface area contributed by atoms with Crippen molar-refractivity contribution in [3.8, 4) is 6.07 Å². The van der Waals surface area contributed by atoms with E-state index in [1.165, 1.54) is 24.5 Å². The van der Waals surface area contributed by atoms with E-state index >= 15 is 0 Å². The molecule has 19 heavy (non-hydrogen) atoms. The standard InChI is InChI=1S/C13H8BrFN2O2/c14-12-10(3-4-19-12)13(18)17-7-9-2-1-8(6-16)5-11(9)15/h1-5H,7H2,(H,17,18). The summed E-state index contributed by atoms with van der Waals surface area (Å²) in [5.74, 6) is -0.894. The van der Waals surface area contributed by atoms with Gasteiger partial charge in [-0.15, -0.1) is 0 Å². The number of carbonyl (C=O) groups is 1. The monoisotopic (exact) mass is 322 g/mol. The van der Waals surface area contributed by atoms with Crippen LogP contribution in [0.25, 0.3) is 0 Å². The second-order valence-electron chi connectivity index (χ2n) is 3.71. The molecule has 6 heteroatoms. The Bertz CT molecular complexity index is 661. The fourth-order valence-electron chi connectivity index (χ4n) is 1.49. The Morgan fingerprint density at radius 2 is 2.26 bits per heavy atom. The maximum Gasteiger partial charge on any atom is 0.256 e. The number of hydrogen-bond acceptors (Lipinski definition) is 3. The second-order valence-corrected chi connectivity index (χ2v) is 4.43. The summed E-state index contributed by atoms with van der Waals surface area (Å²) >= 11 is 3.09. The van der Waals surface area contributed by atoms with Crippen LogP contribution in [0.4, 0.5) is 4.39 Å². The van der Waals surface area contributed by atoms with Crippen molar-refractivity contribution in [3.63, 3.8) is 0 Å². The van der Waals surface area contributed by atoms with Crippen LogP contribution < -0.4 is 5.32 Å². The van der Waals surface area contributed by atoms with Crippen molar-refractivity contribution in [3.05, 3.63) is 57.7 Å². The zero-order valence-corrected chi connectivity index (χ0v) is 11.2. The highest BCUT2D eigenvalue weighted by atomic mass is 79.9. The first-order chi connectivity index (χ1) is 9.11. The molecule has 0 atom stereocenters. The molecule has 0 unspecified atom stereocenters. The van der Waals surface area contributed by atoms with Gasteiger partial charge in [0.05, 0.1) is 23.5 Å². The van der Waals surface area contributed by atoms with Gasteiger partial charge in [-0.3, -0.25) is 4.79 Å². The molecule has 1 aromatic heterocycles. The van der Waals surface area contributed by atoms with Crippen molar-refractivity contribution < 1.29 is 13.6 Å². The van der Waals surface area contributed by atoms with E-state index in [4.69, 9.17) is 9.68 Å². The average molecular weight is 323 g/mol. The van der Waals surface area contributed by atoms with Crippen molar-refractivity contribution >= 4 is 21.8 Å². The molecule has 0 fully saturated rings. The summed E-state index contributed by atoms with van der Waals surface area (Å²) < 4.78 is 18.8. The third-order valence-corrected chi connectivity index (χ3v) is 3.10. The summed E-state index contributed by atoms with van der Waals surface area (Å²) in [7, 11) is 0. The van der Waals surface area contributed by atoms with Gasteiger partial charge in [0, 0.05) is 12.1 Å². The first-order valence-electron chi connectivity index (χ1n) is 5.31. The predicted molar refractivity (Wildman–Crippen MR) is 68.7 cm³/mol. The molecule has 0 aliphatic carbocycles. The lowest BCUT2D eigenvalue weighted by Crippen LogP contribution is -2.23. The summed E-state index contributed by atoms with van der Waals surface area (Å²) in [6.07, 6.45) is 1.38. The second kappa shape index (κ2) is 5.67. The van der Waals surface area contributed by atoms with Gasteiger partial charge in [-0.1, -0.05) is 6.07 Å². The van der Waals surface area contributed by atoms with Crippen LogP contribution in [0.3, 0.4) is 0 Å². The van der Waals surface area contributed by atoms with Crippen LogP contribution in [0.15, 0.2) is 39.6 Å². The van der Waals surface area contributed by atoms with Gasteiger partial charge in [-0.2, -0.15) is 5.26 Å². The molecule has 2 rings (SSSR count). The lowest BCUT2D eigenvalue weighted by atomic mass is 10.1. The highest BCUT2D eigenvalue weighted by Crippen LogP contribution is 2.17. The maximum absolute atomic E-state index is 13.6. The topological polar surface area (TPSA) is 66.0 Å². The SMILES string of the molecule is N#Cc1ccc(CNC(=O)c2ccoc2Br)c(F)c1. The number of hydrogen-bond donors (Lipinski definition) is 1. The molecule has 2 aromatic rings. The average Bonchev–Trinajstić information content (AvgIpc) is 2.83. The minimum Gasteiger partial charge on any atom is -0.457 e. The number of carbonyl (C=O) groups excluding carboxylic acids is 1. The zero-order valence-electron chi connectivity index (χ0n) is 9.61. The number of furan rings is 1. The summed E-state index contributed by atoms with van der Waals surface area (Å²) in [4.78, 5) is 11.8. The molecular weight excluding hydrogens is 315 g/mol. The van der Waals surface area contributed by atoms with Crippen molar-refractivity contribution in [2.45, 2.75) is 6.54 Å². The van der Waals surface area contributed by atoms with E-state index in [0.717, 1.165) is 6.07 Å². The Kier molecular flexibility index (Phi) is 3.97. The molecule has 4 nitrogen and oxygen atoms in total. The lowest BCUT2D eigenvalue weighted by Gasteiger charge is -2.05. The molecule has 0 aliphatic heterocycles. The van der Waals surface area contributed by atoms with Crippen LogP contribution in [-0.4, -0.2) is 5.91 Å². The first-order valence-corrected chi connectivity index (χ1v) is 6.11. The van der Waals surface area contributed by atoms with Gasteiger partial charge in [-0.05, 0) is 34.1 Å². The molecular formula is C13H8BrFN2O2. The van der Waals surface area contributed by atoms with Gasteiger partial charge in [0.2, 0.25) is 0 Å². The molecule has 0 bridgehead atoms. The molecule has 0 radical (unpaired) electrons. The van der Waals surface area contributed by atoms with Crippen LogP contribution in [-0.2, 0) is 6.54 Å². The van der Waals surface area contributed by atoms with E-state index in [-0.39, 0.29) is 18.0 Å². The quantitative estimate of drug-likeness (QED) is 0.944. The summed E-state index contributed by atoms with van der Waals surface area (Å²) in [6.45, 7) is 0.0357. The molecule has 1 amide bonds. The minimum atomic E-state index is -0.523. The number of rotatable bonds is 3. The van der Waals surface area contributed by atoms with E-state index in [1.807, 2.05) is 6.07 Å². The number of nitrogens with one attached hydrogen (secondary N) is 1. The first kappa shape index (κ1) is 13.3. The Hall–Kier alpha value is -2.13. The van der Waals surface area contributed by atoms with E-state index in [2.05, 4.69) is 21.2 Å². The zero-order chi connectivity index (χ0) is 13.8. The largest absolute Gasteiger partial charge is 0.457 e. The van der Waals surface area contributed by atoms with Crippen molar-refractivity contribution in [1.82, 2.24) is 5.32 Å². The van der Waals surface area contributed by atoms with Gasteiger partial charge in [0.25, 0.3) is 5.91 Å². The molecule has 0 saturated heterocycles. The highest BCUT2D eigenvalue weighted by molar-refractivity contribution is 9.10. The Labute approximate surface area is 117 Å². The van der Waals surface area contributed by atoms with Crippen LogP contribution >= 0.6 is 15.9 Å². The molecule has 0 saturated carbocycles. The van der Waals surface area contributed by atoms with Gasteiger partial charge in [0.1, 0.15) is 5.82 Å². The number of nitrogens with zero attached hydrogens (tertiary/aromatic N) is 1. The number of nitriles is 1. The number of amides is 1.